The molecule has 0 atom stereocenters. The van der Waals surface area contributed by atoms with Gasteiger partial charge in [-0.15, -0.1) is 0 Å². The van der Waals surface area contributed by atoms with Gasteiger partial charge in [0.1, 0.15) is 5.75 Å². The molecule has 2 aromatic rings. The van der Waals surface area contributed by atoms with E-state index in [1.807, 2.05) is 0 Å². The van der Waals surface area contributed by atoms with Gasteiger partial charge >= 0.3 is 5.69 Å². The zero-order chi connectivity index (χ0) is 19.1. The lowest BCUT2D eigenvalue weighted by Crippen LogP contribution is -2.41. The predicted molar refractivity (Wildman–Crippen MR) is 99.2 cm³/mol. The Labute approximate surface area is 156 Å². The number of nitrogens with one attached hydrogen (secondary N) is 1. The van der Waals surface area contributed by atoms with E-state index < -0.39 is 4.92 Å². The van der Waals surface area contributed by atoms with Gasteiger partial charge in [0.2, 0.25) is 5.75 Å². The summed E-state index contributed by atoms with van der Waals surface area (Å²) >= 11 is 0. The largest absolute Gasteiger partial charge is 0.450 e. The van der Waals surface area contributed by atoms with E-state index in [-0.39, 0.29) is 17.3 Å². The molecule has 1 amide bonds. The molecule has 0 bridgehead atoms. The second-order valence-corrected chi connectivity index (χ2v) is 6.06. The minimum Gasteiger partial charge on any atom is -0.450 e. The van der Waals surface area contributed by atoms with Crippen molar-refractivity contribution in [2.45, 2.75) is 0 Å². The van der Waals surface area contributed by atoms with Crippen LogP contribution in [0.2, 0.25) is 0 Å². The maximum atomic E-state index is 12.3. The summed E-state index contributed by atoms with van der Waals surface area (Å²) in [4.78, 5) is 25.2. The lowest BCUT2D eigenvalue weighted by Gasteiger charge is -2.26. The molecule has 1 fully saturated rings. The van der Waals surface area contributed by atoms with E-state index in [0.29, 0.717) is 17.9 Å². The normalized spacial score (nSPS) is 14.5. The van der Waals surface area contributed by atoms with Crippen LogP contribution in [0.15, 0.2) is 48.5 Å². The van der Waals surface area contributed by atoms with Gasteiger partial charge in [-0.05, 0) is 24.3 Å². The summed E-state index contributed by atoms with van der Waals surface area (Å²) in [5.74, 6) is 0.286. The number of nitrogens with zero attached hydrogens (tertiary/aromatic N) is 2. The number of carbonyl (C=O) groups is 1. The number of nitro groups is 1. The molecule has 0 aliphatic carbocycles. The van der Waals surface area contributed by atoms with Crippen molar-refractivity contribution >= 4 is 11.6 Å². The van der Waals surface area contributed by atoms with Crippen molar-refractivity contribution in [3.05, 3.63) is 64.2 Å². The lowest BCUT2D eigenvalue weighted by atomic mass is 10.2. The molecule has 1 aliphatic heterocycles. The Morgan fingerprint density at radius 1 is 1.19 bits per heavy atom. The highest BCUT2D eigenvalue weighted by molar-refractivity contribution is 5.94. The molecule has 2 aromatic carbocycles. The molecule has 142 valence electrons. The third-order valence-electron chi connectivity index (χ3n) is 4.20. The highest BCUT2D eigenvalue weighted by Gasteiger charge is 2.15. The molecule has 27 heavy (non-hydrogen) atoms. The van der Waals surface area contributed by atoms with Crippen LogP contribution in [0.25, 0.3) is 0 Å². The smallest absolute Gasteiger partial charge is 0.311 e. The fourth-order valence-electron chi connectivity index (χ4n) is 2.78. The Bertz CT molecular complexity index is 805. The number of benzene rings is 2. The maximum Gasteiger partial charge on any atom is 0.311 e. The minimum absolute atomic E-state index is 0.127. The van der Waals surface area contributed by atoms with Crippen molar-refractivity contribution in [3.8, 4) is 11.5 Å². The van der Waals surface area contributed by atoms with Crippen LogP contribution in [0.1, 0.15) is 10.4 Å². The van der Waals surface area contributed by atoms with E-state index in [1.165, 1.54) is 12.1 Å². The molecule has 3 rings (SSSR count). The average molecular weight is 371 g/mol. The third-order valence-corrected chi connectivity index (χ3v) is 4.20. The van der Waals surface area contributed by atoms with Gasteiger partial charge in [-0.3, -0.25) is 19.8 Å². The number of carbonyl (C=O) groups excluding carboxylic acids is 1. The summed E-state index contributed by atoms with van der Waals surface area (Å²) in [5.41, 5.74) is 0.311. The minimum atomic E-state index is -0.502. The number of hydrogen-bond donors (Lipinski definition) is 1. The fourth-order valence-corrected chi connectivity index (χ4v) is 2.78. The molecule has 8 nitrogen and oxygen atoms in total. The molecular weight excluding hydrogens is 350 g/mol. The SMILES string of the molecule is O=C(NCCN1CCOCC1)c1cccc(Oc2ccccc2[N+](=O)[O-])c1. The molecule has 0 radical (unpaired) electrons. The van der Waals surface area contributed by atoms with Crippen LogP contribution in [-0.4, -0.2) is 55.1 Å². The van der Waals surface area contributed by atoms with Crippen molar-refractivity contribution in [2.24, 2.45) is 0 Å². The summed E-state index contributed by atoms with van der Waals surface area (Å²) < 4.78 is 10.9. The van der Waals surface area contributed by atoms with E-state index in [0.717, 1.165) is 32.8 Å². The first-order chi connectivity index (χ1) is 13.1. The second-order valence-electron chi connectivity index (χ2n) is 6.06. The molecule has 0 aromatic heterocycles. The molecule has 8 heteroatoms. The number of rotatable bonds is 7. The van der Waals surface area contributed by atoms with Crippen LogP contribution in [0.3, 0.4) is 0 Å². The number of ether oxygens (including phenoxy) is 2. The highest BCUT2D eigenvalue weighted by Crippen LogP contribution is 2.31. The average Bonchev–Trinajstić information content (AvgIpc) is 2.69. The van der Waals surface area contributed by atoms with Crippen molar-refractivity contribution in [3.63, 3.8) is 0 Å². The summed E-state index contributed by atoms with van der Waals surface area (Å²) in [6, 6.07) is 12.7. The summed E-state index contributed by atoms with van der Waals surface area (Å²) in [6.45, 7) is 4.48. The summed E-state index contributed by atoms with van der Waals surface area (Å²) in [6.07, 6.45) is 0. The van der Waals surface area contributed by atoms with Gasteiger partial charge in [-0.2, -0.15) is 0 Å². The number of hydrogen-bond acceptors (Lipinski definition) is 6. The summed E-state index contributed by atoms with van der Waals surface area (Å²) in [7, 11) is 0. The van der Waals surface area contributed by atoms with Crippen LogP contribution in [0, 0.1) is 10.1 Å². The zero-order valence-electron chi connectivity index (χ0n) is 14.8. The van der Waals surface area contributed by atoms with Crippen molar-refractivity contribution in [1.29, 1.82) is 0 Å². The highest BCUT2D eigenvalue weighted by atomic mass is 16.6. The van der Waals surface area contributed by atoms with E-state index in [9.17, 15) is 14.9 Å². The van der Waals surface area contributed by atoms with Gasteiger partial charge in [0, 0.05) is 37.8 Å². The van der Waals surface area contributed by atoms with Crippen molar-refractivity contribution < 1.29 is 19.2 Å². The van der Waals surface area contributed by atoms with Crippen molar-refractivity contribution in [2.75, 3.05) is 39.4 Å². The monoisotopic (exact) mass is 371 g/mol. The number of amides is 1. The Morgan fingerprint density at radius 2 is 1.96 bits per heavy atom. The first-order valence-electron chi connectivity index (χ1n) is 8.73. The van der Waals surface area contributed by atoms with Gasteiger partial charge in [0.15, 0.2) is 0 Å². The zero-order valence-corrected chi connectivity index (χ0v) is 14.8. The number of para-hydroxylation sites is 2. The first-order valence-corrected chi connectivity index (χ1v) is 8.73. The fraction of sp³-hybridized carbons (Fsp3) is 0.316. The van der Waals surface area contributed by atoms with Gasteiger partial charge in [0.05, 0.1) is 18.1 Å². The van der Waals surface area contributed by atoms with Crippen molar-refractivity contribution in [1.82, 2.24) is 10.2 Å². The van der Waals surface area contributed by atoms with E-state index in [4.69, 9.17) is 9.47 Å². The molecule has 1 heterocycles. The van der Waals surface area contributed by atoms with E-state index in [2.05, 4.69) is 10.2 Å². The van der Waals surface area contributed by atoms with Crippen LogP contribution < -0.4 is 10.1 Å². The molecule has 1 N–H and O–H groups in total. The van der Waals surface area contributed by atoms with Gasteiger partial charge in [0.25, 0.3) is 5.91 Å². The number of nitro benzene ring substituents is 1. The Balaban J connectivity index is 1.59. The second kappa shape index (κ2) is 9.11. The molecule has 1 aliphatic rings. The standard InChI is InChI=1S/C19H21N3O5/c23-19(20-8-9-21-10-12-26-13-11-21)15-4-3-5-16(14-15)27-18-7-2-1-6-17(18)22(24)25/h1-7,14H,8-13H2,(H,20,23). The molecule has 0 spiro atoms. The predicted octanol–water partition coefficient (Wildman–Crippen LogP) is 2.45. The quantitative estimate of drug-likeness (QED) is 0.593. The van der Waals surface area contributed by atoms with E-state index >= 15 is 0 Å². The van der Waals surface area contributed by atoms with Crippen LogP contribution >= 0.6 is 0 Å². The Kier molecular flexibility index (Phi) is 6.35. The maximum absolute atomic E-state index is 12.3. The Morgan fingerprint density at radius 3 is 2.74 bits per heavy atom. The summed E-state index contributed by atoms with van der Waals surface area (Å²) in [5, 5.41) is 14.0. The van der Waals surface area contributed by atoms with Gasteiger partial charge in [-0.25, -0.2) is 0 Å². The van der Waals surface area contributed by atoms with Gasteiger partial charge in [-0.1, -0.05) is 18.2 Å². The van der Waals surface area contributed by atoms with Gasteiger partial charge < -0.3 is 14.8 Å². The molecule has 1 saturated heterocycles. The number of morpholine rings is 1. The lowest BCUT2D eigenvalue weighted by molar-refractivity contribution is -0.385. The topological polar surface area (TPSA) is 93.9 Å². The Hall–Kier alpha value is -2.97. The molecule has 0 saturated carbocycles. The van der Waals surface area contributed by atoms with Crippen LogP contribution in [0.5, 0.6) is 11.5 Å². The molecule has 0 unspecified atom stereocenters. The third kappa shape index (κ3) is 5.25. The first kappa shape index (κ1) is 18.8. The van der Waals surface area contributed by atoms with Crippen LogP contribution in [0.4, 0.5) is 5.69 Å². The van der Waals surface area contributed by atoms with Crippen LogP contribution in [-0.2, 0) is 4.74 Å². The van der Waals surface area contributed by atoms with E-state index in [1.54, 1.807) is 36.4 Å². The molecular formula is C19H21N3O5.